The van der Waals surface area contributed by atoms with Crippen molar-refractivity contribution in [3.8, 4) is 0 Å². The Morgan fingerprint density at radius 1 is 1.62 bits per heavy atom. The summed E-state index contributed by atoms with van der Waals surface area (Å²) in [5.74, 6) is -1.02. The normalized spacial score (nSPS) is 32.0. The molecule has 9 heteroatoms. The number of rotatable bonds is 4. The quantitative estimate of drug-likeness (QED) is 0.619. The van der Waals surface area contributed by atoms with Crippen molar-refractivity contribution >= 4 is 5.95 Å². The lowest BCUT2D eigenvalue weighted by molar-refractivity contribution is -0.397. The number of aliphatic hydroxyl groups excluding tert-OH is 1. The van der Waals surface area contributed by atoms with Gasteiger partial charge in [0.2, 0.25) is 0 Å². The van der Waals surface area contributed by atoms with E-state index in [0.717, 1.165) is 0 Å². The van der Waals surface area contributed by atoms with Crippen molar-refractivity contribution in [1.29, 1.82) is 0 Å². The molecule has 3 heterocycles. The van der Waals surface area contributed by atoms with E-state index >= 15 is 0 Å². The van der Waals surface area contributed by atoms with Crippen LogP contribution in [0.15, 0.2) is 12.4 Å². The maximum atomic E-state index is 10.8. The molecule has 2 fully saturated rings. The van der Waals surface area contributed by atoms with E-state index < -0.39 is 22.9 Å². The number of nitrogens with zero attached hydrogens (tertiary/aromatic N) is 3. The molecule has 0 aliphatic carbocycles. The van der Waals surface area contributed by atoms with Crippen LogP contribution in [0.2, 0.25) is 0 Å². The molecule has 0 spiro atoms. The van der Waals surface area contributed by atoms with E-state index in [4.69, 9.17) is 14.2 Å². The highest BCUT2D eigenvalue weighted by molar-refractivity contribution is 5.07. The number of hydrogen-bond acceptors (Lipinski definition) is 7. The number of nitro groups is 1. The minimum Gasteiger partial charge on any atom is -0.390 e. The number of fused-ring (bicyclic) bond motifs is 1. The third-order valence-corrected chi connectivity index (χ3v) is 3.62. The highest BCUT2D eigenvalue weighted by Gasteiger charge is 2.52. The topological polar surface area (TPSA) is 109 Å². The van der Waals surface area contributed by atoms with E-state index in [-0.39, 0.29) is 24.7 Å². The molecule has 1 N–H and O–H groups in total. The van der Waals surface area contributed by atoms with E-state index in [1.807, 2.05) is 0 Å². The molecule has 116 valence electrons. The minimum absolute atomic E-state index is 0.00793. The maximum Gasteiger partial charge on any atom is 0.434 e. The van der Waals surface area contributed by atoms with Crippen molar-refractivity contribution in [3.05, 3.63) is 22.5 Å². The lowest BCUT2D eigenvalue weighted by Gasteiger charge is -2.24. The predicted octanol–water partition coefficient (Wildman–Crippen LogP) is 0.0711. The largest absolute Gasteiger partial charge is 0.434 e. The molecule has 2 saturated heterocycles. The second-order valence-electron chi connectivity index (χ2n) is 5.64. The highest BCUT2D eigenvalue weighted by atomic mass is 16.8. The summed E-state index contributed by atoms with van der Waals surface area (Å²) in [4.78, 5) is 13.9. The molecule has 1 aromatic heterocycles. The fourth-order valence-electron chi connectivity index (χ4n) is 2.82. The Labute approximate surface area is 120 Å². The van der Waals surface area contributed by atoms with Gasteiger partial charge in [-0.1, -0.05) is 4.98 Å². The van der Waals surface area contributed by atoms with Crippen LogP contribution in [0, 0.1) is 10.1 Å². The molecule has 0 unspecified atom stereocenters. The number of aliphatic hydroxyl groups is 1. The highest BCUT2D eigenvalue weighted by Crippen LogP contribution is 2.36. The predicted molar refractivity (Wildman–Crippen MR) is 68.5 cm³/mol. The van der Waals surface area contributed by atoms with Gasteiger partial charge in [-0.05, 0) is 18.8 Å². The van der Waals surface area contributed by atoms with Gasteiger partial charge in [-0.3, -0.25) is 0 Å². The van der Waals surface area contributed by atoms with Crippen LogP contribution < -0.4 is 0 Å². The van der Waals surface area contributed by atoms with Gasteiger partial charge in [0.05, 0.1) is 6.61 Å². The summed E-state index contributed by atoms with van der Waals surface area (Å²) < 4.78 is 18.2. The Morgan fingerprint density at radius 2 is 2.38 bits per heavy atom. The number of hydrogen-bond donors (Lipinski definition) is 1. The first kappa shape index (κ1) is 14.4. The molecule has 4 atom stereocenters. The Hall–Kier alpha value is -1.55. The van der Waals surface area contributed by atoms with Gasteiger partial charge in [0, 0.05) is 0 Å². The Kier molecular flexibility index (Phi) is 3.44. The van der Waals surface area contributed by atoms with Crippen molar-refractivity contribution in [2.24, 2.45) is 0 Å². The average molecular weight is 299 g/mol. The molecular weight excluding hydrogens is 282 g/mol. The van der Waals surface area contributed by atoms with Crippen LogP contribution in [0.25, 0.3) is 0 Å². The fraction of sp³-hybridized carbons (Fsp3) is 0.750. The maximum absolute atomic E-state index is 10.8. The van der Waals surface area contributed by atoms with Gasteiger partial charge >= 0.3 is 5.95 Å². The first-order chi connectivity index (χ1) is 9.87. The van der Waals surface area contributed by atoms with Crippen LogP contribution in [-0.4, -0.2) is 56.4 Å². The molecule has 0 radical (unpaired) electrons. The van der Waals surface area contributed by atoms with E-state index in [9.17, 15) is 15.2 Å². The van der Waals surface area contributed by atoms with Crippen molar-refractivity contribution < 1.29 is 24.2 Å². The molecule has 9 nitrogen and oxygen atoms in total. The monoisotopic (exact) mass is 299 g/mol. The molecule has 21 heavy (non-hydrogen) atoms. The van der Waals surface area contributed by atoms with Gasteiger partial charge in [-0.25, -0.2) is 4.57 Å². The van der Waals surface area contributed by atoms with Crippen molar-refractivity contribution in [2.45, 2.75) is 50.6 Å². The number of imidazole rings is 1. The second-order valence-corrected chi connectivity index (χ2v) is 5.64. The van der Waals surface area contributed by atoms with E-state index in [1.54, 1.807) is 13.8 Å². The lowest BCUT2D eigenvalue weighted by Crippen LogP contribution is -2.40. The Balaban J connectivity index is 1.70. The molecule has 0 aromatic carbocycles. The molecular formula is C12H17N3O6. The third kappa shape index (κ3) is 2.64. The van der Waals surface area contributed by atoms with Crippen molar-refractivity contribution in [2.75, 3.05) is 6.61 Å². The van der Waals surface area contributed by atoms with Crippen LogP contribution in [0.1, 0.15) is 13.8 Å². The molecule has 0 bridgehead atoms. The molecule has 0 saturated carbocycles. The van der Waals surface area contributed by atoms with Crippen LogP contribution in [0.3, 0.4) is 0 Å². The van der Waals surface area contributed by atoms with E-state index in [0.29, 0.717) is 6.61 Å². The third-order valence-electron chi connectivity index (χ3n) is 3.62. The summed E-state index contributed by atoms with van der Waals surface area (Å²) in [6.07, 6.45) is 0.629. The van der Waals surface area contributed by atoms with Crippen molar-refractivity contribution in [3.63, 3.8) is 0 Å². The number of aromatic nitrogens is 2. The summed E-state index contributed by atoms with van der Waals surface area (Å²) >= 11 is 0. The van der Waals surface area contributed by atoms with Gasteiger partial charge in [-0.15, -0.1) is 0 Å². The SMILES string of the molecule is CC1(C)O[C@H]2[C@@H]([C@H](O)Cn3ccnc3[N+](=O)[O-])OC[C@H]2O1. The zero-order chi connectivity index (χ0) is 15.2. The molecule has 0 amide bonds. The Morgan fingerprint density at radius 3 is 3.10 bits per heavy atom. The van der Waals surface area contributed by atoms with Gasteiger partial charge in [0.15, 0.2) is 5.79 Å². The van der Waals surface area contributed by atoms with Crippen LogP contribution in [0.5, 0.6) is 0 Å². The van der Waals surface area contributed by atoms with Gasteiger partial charge < -0.3 is 29.4 Å². The van der Waals surface area contributed by atoms with Crippen LogP contribution >= 0.6 is 0 Å². The first-order valence-corrected chi connectivity index (χ1v) is 6.68. The molecule has 3 rings (SSSR count). The van der Waals surface area contributed by atoms with Crippen LogP contribution in [-0.2, 0) is 20.8 Å². The molecule has 2 aliphatic heterocycles. The van der Waals surface area contributed by atoms with E-state index in [2.05, 4.69) is 4.98 Å². The van der Waals surface area contributed by atoms with Crippen molar-refractivity contribution in [1.82, 2.24) is 9.55 Å². The van der Waals surface area contributed by atoms with E-state index in [1.165, 1.54) is 17.0 Å². The molecule has 2 aliphatic rings. The lowest BCUT2D eigenvalue weighted by atomic mass is 10.1. The number of ether oxygens (including phenoxy) is 3. The fourth-order valence-corrected chi connectivity index (χ4v) is 2.82. The Bertz CT molecular complexity index is 545. The summed E-state index contributed by atoms with van der Waals surface area (Å²) in [6, 6.07) is 0. The first-order valence-electron chi connectivity index (χ1n) is 6.68. The van der Waals surface area contributed by atoms with Gasteiger partial charge in [-0.2, -0.15) is 0 Å². The van der Waals surface area contributed by atoms with Gasteiger partial charge in [0.1, 0.15) is 43.4 Å². The molecule has 1 aromatic rings. The summed E-state index contributed by atoms with van der Waals surface area (Å²) in [7, 11) is 0. The summed E-state index contributed by atoms with van der Waals surface area (Å²) in [5.41, 5.74) is 0. The summed E-state index contributed by atoms with van der Waals surface area (Å²) in [5, 5.41) is 21.1. The van der Waals surface area contributed by atoms with Gasteiger partial charge in [0.25, 0.3) is 0 Å². The average Bonchev–Trinajstić information content (AvgIpc) is 3.02. The zero-order valence-corrected chi connectivity index (χ0v) is 11.7. The zero-order valence-electron chi connectivity index (χ0n) is 11.7. The standard InChI is InChI=1S/C12H17N3O6/c1-12(2)20-8-6-19-9(10(8)21-12)7(16)5-14-4-3-13-11(14)15(17)18/h3-4,7-10,16H,5-6H2,1-2H3/t7-,8-,9-,10-/m1/s1. The minimum atomic E-state index is -0.953. The summed E-state index contributed by atoms with van der Waals surface area (Å²) in [6.45, 7) is 3.95. The smallest absolute Gasteiger partial charge is 0.390 e. The second kappa shape index (κ2) is 5.02. The van der Waals surface area contributed by atoms with Crippen LogP contribution in [0.4, 0.5) is 5.95 Å².